The van der Waals surface area contributed by atoms with Crippen LogP contribution < -0.4 is 5.32 Å². The molecule has 23 heavy (non-hydrogen) atoms. The molecule has 0 bridgehead atoms. The van der Waals surface area contributed by atoms with Crippen LogP contribution >= 0.6 is 15.9 Å². The first-order valence-electron chi connectivity index (χ1n) is 7.04. The molecule has 0 unspecified atom stereocenters. The van der Waals surface area contributed by atoms with E-state index in [1.165, 1.54) is 0 Å². The summed E-state index contributed by atoms with van der Waals surface area (Å²) in [5.41, 5.74) is 3.00. The number of aromatic nitrogens is 4. The highest BCUT2D eigenvalue weighted by Crippen LogP contribution is 2.26. The third kappa shape index (κ3) is 2.95. The second kappa shape index (κ2) is 5.85. The fourth-order valence-electron chi connectivity index (χ4n) is 2.36. The first-order valence-corrected chi connectivity index (χ1v) is 7.83. The van der Waals surface area contributed by atoms with Crippen LogP contribution in [-0.2, 0) is 6.54 Å². The molecule has 2 aromatic carbocycles. The molecule has 0 saturated heterocycles. The van der Waals surface area contributed by atoms with E-state index in [4.69, 9.17) is 4.42 Å². The van der Waals surface area contributed by atoms with Gasteiger partial charge < -0.3 is 9.73 Å². The van der Waals surface area contributed by atoms with Crippen molar-refractivity contribution in [2.75, 3.05) is 5.32 Å². The summed E-state index contributed by atoms with van der Waals surface area (Å²) in [7, 11) is 0. The standard InChI is InChI=1S/C16H12BrN5O/c17-12-2-1-3-13(8-12)18-9-10-4-5-11-7-15(23-14(11)6-10)16-19-21-22-20-16/h1-8,18H,9H2,(H,19,20,21,22). The smallest absolute Gasteiger partial charge is 0.239 e. The molecule has 0 radical (unpaired) electrons. The van der Waals surface area contributed by atoms with Crippen molar-refractivity contribution < 1.29 is 4.42 Å². The van der Waals surface area contributed by atoms with Gasteiger partial charge in [-0.05, 0) is 41.1 Å². The van der Waals surface area contributed by atoms with Gasteiger partial charge in [0, 0.05) is 22.1 Å². The van der Waals surface area contributed by atoms with Gasteiger partial charge >= 0.3 is 0 Å². The third-order valence-electron chi connectivity index (χ3n) is 3.47. The van der Waals surface area contributed by atoms with Crippen LogP contribution in [0.15, 0.2) is 57.4 Å². The van der Waals surface area contributed by atoms with Crippen LogP contribution in [0.3, 0.4) is 0 Å². The summed E-state index contributed by atoms with van der Waals surface area (Å²) in [4.78, 5) is 0. The largest absolute Gasteiger partial charge is 0.453 e. The minimum atomic E-state index is 0.454. The summed E-state index contributed by atoms with van der Waals surface area (Å²) in [5, 5.41) is 18.2. The lowest BCUT2D eigenvalue weighted by atomic mass is 10.1. The van der Waals surface area contributed by atoms with E-state index in [1.807, 2.05) is 42.5 Å². The first-order chi connectivity index (χ1) is 11.3. The highest BCUT2D eigenvalue weighted by Gasteiger charge is 2.10. The number of halogens is 1. The van der Waals surface area contributed by atoms with Gasteiger partial charge in [0.2, 0.25) is 5.82 Å². The number of tetrazole rings is 1. The quantitative estimate of drug-likeness (QED) is 0.568. The summed E-state index contributed by atoms with van der Waals surface area (Å²) in [6.45, 7) is 0.713. The van der Waals surface area contributed by atoms with Gasteiger partial charge in [-0.1, -0.05) is 34.1 Å². The van der Waals surface area contributed by atoms with Gasteiger partial charge in [-0.25, -0.2) is 0 Å². The van der Waals surface area contributed by atoms with E-state index in [2.05, 4.69) is 47.9 Å². The average molecular weight is 370 g/mol. The minimum absolute atomic E-state index is 0.454. The molecule has 2 heterocycles. The number of hydrogen-bond acceptors (Lipinski definition) is 5. The normalized spacial score (nSPS) is 11.0. The first kappa shape index (κ1) is 14.0. The van der Waals surface area contributed by atoms with E-state index in [1.54, 1.807) is 0 Å². The Morgan fingerprint density at radius 1 is 1.13 bits per heavy atom. The van der Waals surface area contributed by atoms with Crippen molar-refractivity contribution in [2.24, 2.45) is 0 Å². The lowest BCUT2D eigenvalue weighted by molar-refractivity contribution is 0.625. The van der Waals surface area contributed by atoms with E-state index in [-0.39, 0.29) is 0 Å². The fraction of sp³-hybridized carbons (Fsp3) is 0.0625. The Balaban J connectivity index is 1.56. The Morgan fingerprint density at radius 2 is 2.09 bits per heavy atom. The number of rotatable bonds is 4. The molecule has 0 aliphatic carbocycles. The Kier molecular flexibility index (Phi) is 3.55. The lowest BCUT2D eigenvalue weighted by Gasteiger charge is -2.06. The van der Waals surface area contributed by atoms with Crippen molar-refractivity contribution in [2.45, 2.75) is 6.54 Å². The predicted octanol–water partition coefficient (Wildman–Crippen LogP) is 3.99. The zero-order valence-corrected chi connectivity index (χ0v) is 13.5. The van der Waals surface area contributed by atoms with E-state index < -0.39 is 0 Å². The molecule has 0 atom stereocenters. The highest BCUT2D eigenvalue weighted by atomic mass is 79.9. The number of fused-ring (bicyclic) bond motifs is 1. The molecule has 0 spiro atoms. The summed E-state index contributed by atoms with van der Waals surface area (Å²) in [6.07, 6.45) is 0. The number of aromatic amines is 1. The number of hydrogen-bond donors (Lipinski definition) is 2. The number of H-pyrrole nitrogens is 1. The van der Waals surface area contributed by atoms with Crippen LogP contribution in [-0.4, -0.2) is 20.6 Å². The molecule has 0 fully saturated rings. The van der Waals surface area contributed by atoms with Crippen LogP contribution in [0.1, 0.15) is 5.56 Å². The maximum absolute atomic E-state index is 5.80. The summed E-state index contributed by atoms with van der Waals surface area (Å²) in [5.74, 6) is 1.06. The fourth-order valence-corrected chi connectivity index (χ4v) is 2.76. The topological polar surface area (TPSA) is 79.6 Å². The molecule has 6 nitrogen and oxygen atoms in total. The zero-order valence-electron chi connectivity index (χ0n) is 12.0. The van der Waals surface area contributed by atoms with Crippen molar-refractivity contribution in [3.05, 3.63) is 58.6 Å². The molecular formula is C16H12BrN5O. The number of benzene rings is 2. The number of nitrogens with zero attached hydrogens (tertiary/aromatic N) is 3. The number of furan rings is 1. The van der Waals surface area contributed by atoms with Crippen molar-refractivity contribution in [1.82, 2.24) is 20.6 Å². The van der Waals surface area contributed by atoms with Crippen LogP contribution in [0.25, 0.3) is 22.6 Å². The molecule has 114 valence electrons. The summed E-state index contributed by atoms with van der Waals surface area (Å²) >= 11 is 3.47. The van der Waals surface area contributed by atoms with Gasteiger partial charge in [-0.2, -0.15) is 5.21 Å². The monoisotopic (exact) mass is 369 g/mol. The second-order valence-corrected chi connectivity index (χ2v) is 6.00. The number of anilines is 1. The second-order valence-electron chi connectivity index (χ2n) is 5.08. The molecular weight excluding hydrogens is 358 g/mol. The molecule has 0 amide bonds. The van der Waals surface area contributed by atoms with Crippen molar-refractivity contribution >= 4 is 32.6 Å². The molecule has 0 aliphatic heterocycles. The molecule has 0 aliphatic rings. The SMILES string of the molecule is Brc1cccc(NCc2ccc3cc(-c4nn[nH]n4)oc3c2)c1. The zero-order chi connectivity index (χ0) is 15.6. The third-order valence-corrected chi connectivity index (χ3v) is 3.96. The number of nitrogens with one attached hydrogen (secondary N) is 2. The molecule has 7 heteroatoms. The maximum Gasteiger partial charge on any atom is 0.239 e. The summed E-state index contributed by atoms with van der Waals surface area (Å²) < 4.78 is 6.85. The van der Waals surface area contributed by atoms with E-state index in [0.29, 0.717) is 18.1 Å². The van der Waals surface area contributed by atoms with E-state index in [0.717, 1.165) is 26.7 Å². The molecule has 2 N–H and O–H groups in total. The highest BCUT2D eigenvalue weighted by molar-refractivity contribution is 9.10. The van der Waals surface area contributed by atoms with Crippen LogP contribution in [0, 0.1) is 0 Å². The Morgan fingerprint density at radius 3 is 2.91 bits per heavy atom. The van der Waals surface area contributed by atoms with Gasteiger partial charge in [0.15, 0.2) is 5.76 Å². The summed E-state index contributed by atoms with van der Waals surface area (Å²) in [6, 6.07) is 16.1. The van der Waals surface area contributed by atoms with Gasteiger partial charge in [-0.15, -0.1) is 10.2 Å². The molecule has 2 aromatic heterocycles. The van der Waals surface area contributed by atoms with Crippen molar-refractivity contribution in [1.29, 1.82) is 0 Å². The van der Waals surface area contributed by atoms with Crippen molar-refractivity contribution in [3.63, 3.8) is 0 Å². The predicted molar refractivity (Wildman–Crippen MR) is 90.9 cm³/mol. The lowest BCUT2D eigenvalue weighted by Crippen LogP contribution is -1.98. The minimum Gasteiger partial charge on any atom is -0.453 e. The molecule has 4 aromatic rings. The van der Waals surface area contributed by atoms with E-state index >= 15 is 0 Å². The van der Waals surface area contributed by atoms with Gasteiger partial charge in [-0.3, -0.25) is 0 Å². The van der Waals surface area contributed by atoms with Crippen molar-refractivity contribution in [3.8, 4) is 11.6 Å². The van der Waals surface area contributed by atoms with Gasteiger partial charge in [0.25, 0.3) is 0 Å². The van der Waals surface area contributed by atoms with Crippen LogP contribution in [0.2, 0.25) is 0 Å². The van der Waals surface area contributed by atoms with Crippen LogP contribution in [0.5, 0.6) is 0 Å². The van der Waals surface area contributed by atoms with Gasteiger partial charge in [0.1, 0.15) is 5.58 Å². The Hall–Kier alpha value is -2.67. The maximum atomic E-state index is 5.80. The van der Waals surface area contributed by atoms with Gasteiger partial charge in [0.05, 0.1) is 0 Å². The molecule has 4 rings (SSSR count). The Bertz CT molecular complexity index is 948. The van der Waals surface area contributed by atoms with E-state index in [9.17, 15) is 0 Å². The Labute approximate surface area is 140 Å². The van der Waals surface area contributed by atoms with Crippen LogP contribution in [0.4, 0.5) is 5.69 Å². The molecule has 0 saturated carbocycles. The average Bonchev–Trinajstić information content (AvgIpc) is 3.21.